The van der Waals surface area contributed by atoms with Gasteiger partial charge >= 0.3 is 0 Å². The molecule has 0 aromatic heterocycles. The normalized spacial score (nSPS) is 23.1. The minimum Gasteiger partial charge on any atom is -0.318 e. The highest BCUT2D eigenvalue weighted by atomic mass is 35.5. The van der Waals surface area contributed by atoms with Crippen LogP contribution in [0.25, 0.3) is 0 Å². The molecular weight excluding hydrogens is 236 g/mol. The van der Waals surface area contributed by atoms with E-state index in [1.165, 1.54) is 0 Å². The first kappa shape index (κ1) is 12.1. The number of hydrogen-bond acceptors (Lipinski definition) is 3. The molecule has 0 aliphatic carbocycles. The summed E-state index contributed by atoms with van der Waals surface area (Å²) < 4.78 is 0. The summed E-state index contributed by atoms with van der Waals surface area (Å²) in [7, 11) is 1.93. The second kappa shape index (κ2) is 4.51. The molecule has 0 amide bonds. The maximum atomic E-state index is 11.5. The third kappa shape index (κ3) is 2.08. The van der Waals surface area contributed by atoms with Crippen molar-refractivity contribution in [3.8, 4) is 0 Å². The van der Waals surface area contributed by atoms with Crippen LogP contribution in [0.2, 0.25) is 0 Å². The van der Waals surface area contributed by atoms with Gasteiger partial charge in [-0.25, -0.2) is 5.43 Å². The first-order valence-electron chi connectivity index (χ1n) is 5.58. The van der Waals surface area contributed by atoms with E-state index < -0.39 is 5.24 Å². The molecule has 1 N–H and O–H groups in total. The van der Waals surface area contributed by atoms with Gasteiger partial charge in [-0.1, -0.05) is 25.1 Å². The molecule has 1 heterocycles. The van der Waals surface area contributed by atoms with Gasteiger partial charge in [-0.3, -0.25) is 4.79 Å². The summed E-state index contributed by atoms with van der Waals surface area (Å²) >= 11 is 5.64. The largest absolute Gasteiger partial charge is 0.318 e. The van der Waals surface area contributed by atoms with Gasteiger partial charge < -0.3 is 5.01 Å². The van der Waals surface area contributed by atoms with Crippen LogP contribution < -0.4 is 5.43 Å². The van der Waals surface area contributed by atoms with Crippen LogP contribution in [0, 0.1) is 0 Å². The minimum absolute atomic E-state index is 0.337. The number of nitrogens with zero attached hydrogens (tertiary/aromatic N) is 1. The zero-order chi connectivity index (χ0) is 12.5. The number of halogens is 1. The second-order valence-corrected chi connectivity index (χ2v) is 4.53. The van der Waals surface area contributed by atoms with E-state index in [1.807, 2.05) is 36.5 Å². The Hall–Kier alpha value is -1.32. The SMILES string of the molecule is CCC1(c2ccccc2C(=O)Cl)C=CN(C)N1. The molecule has 0 spiro atoms. The van der Waals surface area contributed by atoms with Crippen LogP contribution in [0.15, 0.2) is 36.5 Å². The predicted octanol–water partition coefficient (Wildman–Crippen LogP) is 2.63. The third-order valence-corrected chi connectivity index (χ3v) is 3.34. The fraction of sp³-hybridized carbons (Fsp3) is 0.308. The molecule has 3 nitrogen and oxygen atoms in total. The molecule has 2 rings (SSSR count). The molecule has 1 aliphatic rings. The van der Waals surface area contributed by atoms with Crippen LogP contribution >= 0.6 is 11.6 Å². The van der Waals surface area contributed by atoms with E-state index in [9.17, 15) is 4.79 Å². The van der Waals surface area contributed by atoms with Crippen molar-refractivity contribution in [3.05, 3.63) is 47.7 Å². The highest BCUT2D eigenvalue weighted by Crippen LogP contribution is 2.33. The van der Waals surface area contributed by atoms with Crippen molar-refractivity contribution in [2.24, 2.45) is 0 Å². The smallest absolute Gasteiger partial charge is 0.252 e. The van der Waals surface area contributed by atoms with Gasteiger partial charge in [-0.15, -0.1) is 0 Å². The van der Waals surface area contributed by atoms with E-state index in [-0.39, 0.29) is 5.54 Å². The standard InChI is InChI=1S/C13H15ClN2O/c1-3-13(8-9-16(2)15-13)11-7-5-4-6-10(11)12(14)17/h4-9,15H,3H2,1-2H3. The number of carbonyl (C=O) groups is 1. The van der Waals surface area contributed by atoms with E-state index in [0.29, 0.717) is 5.56 Å². The summed E-state index contributed by atoms with van der Waals surface area (Å²) in [5, 5.41) is 1.47. The van der Waals surface area contributed by atoms with Gasteiger partial charge in [-0.2, -0.15) is 0 Å². The van der Waals surface area contributed by atoms with Crippen LogP contribution in [0.1, 0.15) is 29.3 Å². The Morgan fingerprint density at radius 1 is 1.47 bits per heavy atom. The van der Waals surface area contributed by atoms with Crippen LogP contribution in [-0.2, 0) is 5.54 Å². The zero-order valence-electron chi connectivity index (χ0n) is 9.90. The Labute approximate surface area is 106 Å². The van der Waals surface area contributed by atoms with Crippen molar-refractivity contribution in [2.75, 3.05) is 7.05 Å². The predicted molar refractivity (Wildman–Crippen MR) is 68.6 cm³/mol. The molecular formula is C13H15ClN2O. The highest BCUT2D eigenvalue weighted by Gasteiger charge is 2.34. The fourth-order valence-corrected chi connectivity index (χ4v) is 2.37. The molecule has 0 saturated heterocycles. The highest BCUT2D eigenvalue weighted by molar-refractivity contribution is 6.67. The monoisotopic (exact) mass is 250 g/mol. The first-order valence-corrected chi connectivity index (χ1v) is 5.96. The molecule has 1 aromatic rings. The van der Waals surface area contributed by atoms with Crippen molar-refractivity contribution in [2.45, 2.75) is 18.9 Å². The van der Waals surface area contributed by atoms with Crippen molar-refractivity contribution < 1.29 is 4.79 Å². The average Bonchev–Trinajstić information content (AvgIpc) is 2.72. The molecule has 0 bridgehead atoms. The second-order valence-electron chi connectivity index (χ2n) is 4.18. The zero-order valence-corrected chi connectivity index (χ0v) is 10.7. The Kier molecular flexibility index (Phi) is 3.22. The number of nitrogens with one attached hydrogen (secondary N) is 1. The van der Waals surface area contributed by atoms with Gasteiger partial charge in [-0.05, 0) is 35.7 Å². The molecule has 1 aromatic carbocycles. The van der Waals surface area contributed by atoms with Crippen LogP contribution in [0.3, 0.4) is 0 Å². The van der Waals surface area contributed by atoms with Gasteiger partial charge in [0.15, 0.2) is 0 Å². The summed E-state index contributed by atoms with van der Waals surface area (Å²) in [6.45, 7) is 2.08. The third-order valence-electron chi connectivity index (χ3n) is 3.14. The summed E-state index contributed by atoms with van der Waals surface area (Å²) in [5.74, 6) is 0. The van der Waals surface area contributed by atoms with E-state index in [1.54, 1.807) is 6.07 Å². The van der Waals surface area contributed by atoms with E-state index in [4.69, 9.17) is 11.6 Å². The topological polar surface area (TPSA) is 32.3 Å². The number of carbonyl (C=O) groups excluding carboxylic acids is 1. The molecule has 17 heavy (non-hydrogen) atoms. The molecule has 4 heteroatoms. The lowest BCUT2D eigenvalue weighted by Gasteiger charge is -2.30. The molecule has 1 atom stereocenters. The van der Waals surface area contributed by atoms with Crippen LogP contribution in [0.4, 0.5) is 0 Å². The Morgan fingerprint density at radius 2 is 2.18 bits per heavy atom. The lowest BCUT2D eigenvalue weighted by molar-refractivity contribution is 0.107. The minimum atomic E-state index is -0.418. The van der Waals surface area contributed by atoms with Crippen LogP contribution in [-0.4, -0.2) is 17.3 Å². The first-order chi connectivity index (χ1) is 8.09. The van der Waals surface area contributed by atoms with Gasteiger partial charge in [0.05, 0.1) is 5.54 Å². The maximum absolute atomic E-state index is 11.5. The summed E-state index contributed by atoms with van der Waals surface area (Å²) in [5.41, 5.74) is 4.48. The quantitative estimate of drug-likeness (QED) is 0.837. The Balaban J connectivity index is 2.52. The van der Waals surface area contributed by atoms with Crippen LogP contribution in [0.5, 0.6) is 0 Å². The number of hydrazine groups is 1. The lowest BCUT2D eigenvalue weighted by Crippen LogP contribution is -2.43. The van der Waals surface area contributed by atoms with Gasteiger partial charge in [0.1, 0.15) is 0 Å². The maximum Gasteiger partial charge on any atom is 0.252 e. The fourth-order valence-electron chi connectivity index (χ4n) is 2.21. The molecule has 1 unspecified atom stereocenters. The average molecular weight is 251 g/mol. The number of hydrogen-bond donors (Lipinski definition) is 1. The number of rotatable bonds is 3. The van der Waals surface area contributed by atoms with Crippen molar-refractivity contribution in [1.29, 1.82) is 0 Å². The molecule has 0 saturated carbocycles. The van der Waals surface area contributed by atoms with Gasteiger partial charge in [0, 0.05) is 18.8 Å². The van der Waals surface area contributed by atoms with Crippen molar-refractivity contribution >= 4 is 16.8 Å². The van der Waals surface area contributed by atoms with Crippen molar-refractivity contribution in [1.82, 2.24) is 10.4 Å². The summed E-state index contributed by atoms with van der Waals surface area (Å²) in [4.78, 5) is 11.5. The Morgan fingerprint density at radius 3 is 2.71 bits per heavy atom. The van der Waals surface area contributed by atoms with E-state index >= 15 is 0 Å². The number of benzene rings is 1. The van der Waals surface area contributed by atoms with Gasteiger partial charge in [0.2, 0.25) is 0 Å². The molecule has 0 radical (unpaired) electrons. The van der Waals surface area contributed by atoms with E-state index in [2.05, 4.69) is 18.4 Å². The molecule has 0 fully saturated rings. The summed E-state index contributed by atoms with van der Waals surface area (Å²) in [6, 6.07) is 7.44. The lowest BCUT2D eigenvalue weighted by atomic mass is 9.85. The van der Waals surface area contributed by atoms with Gasteiger partial charge in [0.25, 0.3) is 5.24 Å². The summed E-state index contributed by atoms with van der Waals surface area (Å²) in [6.07, 6.45) is 4.86. The molecule has 90 valence electrons. The van der Waals surface area contributed by atoms with E-state index in [0.717, 1.165) is 12.0 Å². The Bertz CT molecular complexity index is 472. The van der Waals surface area contributed by atoms with Crippen molar-refractivity contribution in [3.63, 3.8) is 0 Å². The molecule has 1 aliphatic heterocycles.